The van der Waals surface area contributed by atoms with E-state index in [2.05, 4.69) is 19.2 Å². The van der Waals surface area contributed by atoms with Gasteiger partial charge in [-0.15, -0.1) is 0 Å². The summed E-state index contributed by atoms with van der Waals surface area (Å²) < 4.78 is 32.2. The van der Waals surface area contributed by atoms with Crippen LogP contribution in [0, 0.1) is 5.92 Å². The Morgan fingerprint density at radius 2 is 1.21 bits per heavy atom. The van der Waals surface area contributed by atoms with Crippen LogP contribution < -0.4 is 5.32 Å². The summed E-state index contributed by atoms with van der Waals surface area (Å²) in [5.41, 5.74) is 0. The Hall–Kier alpha value is -0.770. The van der Waals surface area contributed by atoms with E-state index in [1.165, 1.54) is 0 Å². The minimum absolute atomic E-state index is 0.0328. The Kier molecular flexibility index (Phi) is 21.3. The molecule has 29 heavy (non-hydrogen) atoms. The van der Waals surface area contributed by atoms with E-state index in [1.54, 1.807) is 0 Å². The highest BCUT2D eigenvalue weighted by Gasteiger charge is 2.01. The van der Waals surface area contributed by atoms with E-state index in [0.29, 0.717) is 71.9 Å². The molecule has 8 heteroatoms. The third kappa shape index (κ3) is 25.2. The number of rotatable bonds is 22. The molecule has 0 saturated carbocycles. The van der Waals surface area contributed by atoms with Gasteiger partial charge in [-0.25, -0.2) is 0 Å². The van der Waals surface area contributed by atoms with E-state index in [1.807, 2.05) is 13.8 Å². The molecule has 0 atom stereocenters. The Morgan fingerprint density at radius 3 is 1.76 bits per heavy atom. The highest BCUT2D eigenvalue weighted by Crippen LogP contribution is 2.02. The van der Waals surface area contributed by atoms with Gasteiger partial charge in [0.1, 0.15) is 6.61 Å². The quantitative estimate of drug-likeness (QED) is 0.268. The SMILES string of the molecule is CC(C)CCCOCCNC(=O)COCCOCCOCCOCCOC(C)C. The smallest absolute Gasteiger partial charge is 0.246 e. The standard InChI is InChI=1S/C21H43NO7/c1-19(2)6-5-8-24-9-7-22-21(23)18-28-15-14-26-11-10-25-12-13-27-16-17-29-20(3)4/h19-20H,5-18H2,1-4H3,(H,22,23). The molecule has 0 heterocycles. The molecule has 8 nitrogen and oxygen atoms in total. The van der Waals surface area contributed by atoms with Gasteiger partial charge in [-0.3, -0.25) is 4.79 Å². The fraction of sp³-hybridized carbons (Fsp3) is 0.952. The predicted molar refractivity (Wildman–Crippen MR) is 112 cm³/mol. The van der Waals surface area contributed by atoms with E-state index in [0.717, 1.165) is 19.4 Å². The first-order valence-corrected chi connectivity index (χ1v) is 10.8. The maximum absolute atomic E-state index is 11.6. The number of carbonyl (C=O) groups is 1. The van der Waals surface area contributed by atoms with E-state index in [9.17, 15) is 4.79 Å². The molecule has 0 aromatic carbocycles. The molecule has 0 rings (SSSR count). The minimum Gasteiger partial charge on any atom is -0.380 e. The molecular weight excluding hydrogens is 378 g/mol. The van der Waals surface area contributed by atoms with Gasteiger partial charge in [-0.2, -0.15) is 0 Å². The first kappa shape index (κ1) is 28.2. The van der Waals surface area contributed by atoms with Gasteiger partial charge in [0.25, 0.3) is 0 Å². The summed E-state index contributed by atoms with van der Waals surface area (Å²) in [4.78, 5) is 11.6. The van der Waals surface area contributed by atoms with E-state index >= 15 is 0 Å². The zero-order chi connectivity index (χ0) is 21.6. The highest BCUT2D eigenvalue weighted by molar-refractivity contribution is 5.77. The van der Waals surface area contributed by atoms with Gasteiger partial charge in [-0.1, -0.05) is 13.8 Å². The number of hydrogen-bond acceptors (Lipinski definition) is 7. The molecule has 174 valence electrons. The van der Waals surface area contributed by atoms with Crippen molar-refractivity contribution in [3.8, 4) is 0 Å². The lowest BCUT2D eigenvalue weighted by atomic mass is 10.1. The third-order valence-corrected chi connectivity index (χ3v) is 3.67. The van der Waals surface area contributed by atoms with Gasteiger partial charge in [-0.05, 0) is 32.6 Å². The third-order valence-electron chi connectivity index (χ3n) is 3.67. The van der Waals surface area contributed by atoms with Crippen LogP contribution in [0.5, 0.6) is 0 Å². The van der Waals surface area contributed by atoms with Crippen molar-refractivity contribution in [1.82, 2.24) is 5.32 Å². The lowest BCUT2D eigenvalue weighted by Gasteiger charge is -2.09. The first-order chi connectivity index (χ1) is 14.0. The molecular formula is C21H43NO7. The van der Waals surface area contributed by atoms with Crippen LogP contribution in [0.25, 0.3) is 0 Å². The van der Waals surface area contributed by atoms with Crippen LogP contribution in [0.4, 0.5) is 0 Å². The average Bonchev–Trinajstić information content (AvgIpc) is 2.67. The Bertz CT molecular complexity index is 354. The van der Waals surface area contributed by atoms with Crippen LogP contribution in [0.15, 0.2) is 0 Å². The molecule has 0 unspecified atom stereocenters. The van der Waals surface area contributed by atoms with Gasteiger partial charge in [0.05, 0.1) is 65.6 Å². The van der Waals surface area contributed by atoms with Crippen LogP contribution in [-0.4, -0.2) is 91.2 Å². The molecule has 0 aromatic heterocycles. The fourth-order valence-electron chi connectivity index (χ4n) is 2.18. The van der Waals surface area contributed by atoms with E-state index < -0.39 is 0 Å². The van der Waals surface area contributed by atoms with Crippen molar-refractivity contribution in [2.24, 2.45) is 5.92 Å². The molecule has 0 aromatic rings. The first-order valence-electron chi connectivity index (χ1n) is 10.8. The predicted octanol–water partition coefficient (Wildman–Crippen LogP) is 2.05. The second kappa shape index (κ2) is 21.9. The Morgan fingerprint density at radius 1 is 0.690 bits per heavy atom. The van der Waals surface area contributed by atoms with Gasteiger partial charge in [0, 0.05) is 13.2 Å². The maximum atomic E-state index is 11.6. The molecule has 0 saturated heterocycles. The lowest BCUT2D eigenvalue weighted by molar-refractivity contribution is -0.126. The summed E-state index contributed by atoms with van der Waals surface area (Å²) in [6.45, 7) is 14.2. The number of hydrogen-bond donors (Lipinski definition) is 1. The van der Waals surface area contributed by atoms with Gasteiger partial charge in [0.15, 0.2) is 0 Å². The van der Waals surface area contributed by atoms with Crippen molar-refractivity contribution < 1.29 is 33.2 Å². The van der Waals surface area contributed by atoms with E-state index in [4.69, 9.17) is 28.4 Å². The van der Waals surface area contributed by atoms with Crippen molar-refractivity contribution in [2.75, 3.05) is 79.2 Å². The summed E-state index contributed by atoms with van der Waals surface area (Å²) in [5, 5.41) is 2.76. The van der Waals surface area contributed by atoms with Gasteiger partial charge >= 0.3 is 0 Å². The number of amides is 1. The molecule has 0 bridgehead atoms. The average molecular weight is 422 g/mol. The van der Waals surface area contributed by atoms with Crippen molar-refractivity contribution in [3.05, 3.63) is 0 Å². The molecule has 1 amide bonds. The van der Waals surface area contributed by atoms with Crippen LogP contribution in [0.2, 0.25) is 0 Å². The molecule has 0 spiro atoms. The summed E-state index contributed by atoms with van der Waals surface area (Å²) >= 11 is 0. The zero-order valence-electron chi connectivity index (χ0n) is 18.9. The zero-order valence-corrected chi connectivity index (χ0v) is 18.9. The highest BCUT2D eigenvalue weighted by atomic mass is 16.6. The molecule has 0 aliphatic heterocycles. The number of carbonyl (C=O) groups excluding carboxylic acids is 1. The van der Waals surface area contributed by atoms with Gasteiger partial charge < -0.3 is 33.7 Å². The summed E-state index contributed by atoms with van der Waals surface area (Å²) in [6, 6.07) is 0. The molecule has 0 fully saturated rings. The monoisotopic (exact) mass is 421 g/mol. The minimum atomic E-state index is -0.141. The Labute approximate surface area is 176 Å². The fourth-order valence-corrected chi connectivity index (χ4v) is 2.18. The normalized spacial score (nSPS) is 11.5. The summed E-state index contributed by atoms with van der Waals surface area (Å²) in [5.74, 6) is 0.560. The van der Waals surface area contributed by atoms with Crippen LogP contribution >= 0.6 is 0 Å². The Balaban J connectivity index is 3.16. The summed E-state index contributed by atoms with van der Waals surface area (Å²) in [7, 11) is 0. The number of nitrogens with one attached hydrogen (secondary N) is 1. The lowest BCUT2D eigenvalue weighted by Crippen LogP contribution is -2.31. The molecule has 1 N–H and O–H groups in total. The van der Waals surface area contributed by atoms with Crippen molar-refractivity contribution >= 4 is 5.91 Å². The molecule has 0 radical (unpaired) electrons. The van der Waals surface area contributed by atoms with Crippen molar-refractivity contribution in [3.63, 3.8) is 0 Å². The molecule has 0 aliphatic rings. The van der Waals surface area contributed by atoms with Gasteiger partial charge in [0.2, 0.25) is 5.91 Å². The second-order valence-corrected chi connectivity index (χ2v) is 7.31. The van der Waals surface area contributed by atoms with Crippen molar-refractivity contribution in [1.29, 1.82) is 0 Å². The van der Waals surface area contributed by atoms with Crippen LogP contribution in [0.1, 0.15) is 40.5 Å². The maximum Gasteiger partial charge on any atom is 0.246 e. The second-order valence-electron chi connectivity index (χ2n) is 7.31. The largest absolute Gasteiger partial charge is 0.380 e. The van der Waals surface area contributed by atoms with Crippen molar-refractivity contribution in [2.45, 2.75) is 46.6 Å². The molecule has 0 aliphatic carbocycles. The van der Waals surface area contributed by atoms with Crippen LogP contribution in [0.3, 0.4) is 0 Å². The van der Waals surface area contributed by atoms with Crippen LogP contribution in [-0.2, 0) is 33.2 Å². The topological polar surface area (TPSA) is 84.5 Å². The van der Waals surface area contributed by atoms with E-state index in [-0.39, 0.29) is 18.6 Å². The number of ether oxygens (including phenoxy) is 6. The summed E-state index contributed by atoms with van der Waals surface area (Å²) in [6.07, 6.45) is 2.45.